The van der Waals surface area contributed by atoms with E-state index in [0.29, 0.717) is 19.5 Å². The average Bonchev–Trinajstić information content (AvgIpc) is 3.33. The smallest absolute Gasteiger partial charge is 0.269 e. The normalized spacial score (nSPS) is 11.8. The van der Waals surface area contributed by atoms with Crippen LogP contribution in [0.1, 0.15) is 30.5 Å². The number of aryl methyl sites for hydroxylation is 1. The summed E-state index contributed by atoms with van der Waals surface area (Å²) in [5.74, 6) is -0.324. The van der Waals surface area contributed by atoms with Gasteiger partial charge in [-0.15, -0.1) is 0 Å². The number of nitrogens with one attached hydrogen (secondary N) is 1. The third-order valence-electron chi connectivity index (χ3n) is 6.69. The molecule has 10 heteroatoms. The van der Waals surface area contributed by atoms with Gasteiger partial charge in [0, 0.05) is 48.4 Å². The van der Waals surface area contributed by atoms with Crippen LogP contribution in [-0.2, 0) is 27.8 Å². The van der Waals surface area contributed by atoms with Crippen molar-refractivity contribution < 1.29 is 18.1 Å². The van der Waals surface area contributed by atoms with Gasteiger partial charge < -0.3 is 9.88 Å². The molecule has 0 spiro atoms. The largest absolute Gasteiger partial charge is 0.361 e. The Morgan fingerprint density at radius 1 is 1.00 bits per heavy atom. The molecule has 0 aliphatic heterocycles. The van der Waals surface area contributed by atoms with Crippen LogP contribution in [0, 0.1) is 17.0 Å². The van der Waals surface area contributed by atoms with Gasteiger partial charge in [0.05, 0.1) is 16.4 Å². The highest BCUT2D eigenvalue weighted by Crippen LogP contribution is 2.23. The van der Waals surface area contributed by atoms with Crippen molar-refractivity contribution in [3.63, 3.8) is 0 Å². The van der Waals surface area contributed by atoms with Crippen molar-refractivity contribution in [2.75, 3.05) is 13.1 Å². The Labute approximate surface area is 228 Å². The van der Waals surface area contributed by atoms with E-state index in [2.05, 4.69) is 4.98 Å². The standard InChI is InChI=1S/C29H32N4O5S/c1-21(2)32(39(37,38)26-14-12-25(13-15-26)33(35)36)20-29(34)31(19-23-10-8-22(3)9-11-23)17-16-24-18-30-28-7-5-4-6-27(24)28/h4-15,18,21,30H,16-17,19-20H2,1-3H3. The number of nitro groups is 1. The highest BCUT2D eigenvalue weighted by molar-refractivity contribution is 7.89. The second-order valence-corrected chi connectivity index (χ2v) is 11.7. The van der Waals surface area contributed by atoms with Crippen LogP contribution in [-0.4, -0.2) is 52.6 Å². The van der Waals surface area contributed by atoms with Crippen molar-refractivity contribution in [2.45, 2.75) is 44.7 Å². The van der Waals surface area contributed by atoms with Gasteiger partial charge in [-0.3, -0.25) is 14.9 Å². The Bertz CT molecular complexity index is 1560. The van der Waals surface area contributed by atoms with Gasteiger partial charge in [-0.05, 0) is 56.5 Å². The van der Waals surface area contributed by atoms with Crippen molar-refractivity contribution in [1.29, 1.82) is 0 Å². The van der Waals surface area contributed by atoms with E-state index in [1.165, 1.54) is 12.1 Å². The minimum atomic E-state index is -4.08. The number of benzene rings is 3. The topological polar surface area (TPSA) is 117 Å². The minimum Gasteiger partial charge on any atom is -0.361 e. The van der Waals surface area contributed by atoms with Gasteiger partial charge in [0.15, 0.2) is 0 Å². The van der Waals surface area contributed by atoms with Gasteiger partial charge in [0.1, 0.15) is 0 Å². The Hall–Kier alpha value is -4.02. The molecule has 204 valence electrons. The Morgan fingerprint density at radius 2 is 1.67 bits per heavy atom. The lowest BCUT2D eigenvalue weighted by atomic mass is 10.1. The molecule has 0 unspecified atom stereocenters. The quantitative estimate of drug-likeness (QED) is 0.208. The lowest BCUT2D eigenvalue weighted by Gasteiger charge is -2.29. The highest BCUT2D eigenvalue weighted by Gasteiger charge is 2.31. The van der Waals surface area contributed by atoms with E-state index < -0.39 is 21.0 Å². The molecule has 0 fully saturated rings. The molecule has 0 saturated heterocycles. The molecule has 0 aliphatic carbocycles. The number of non-ortho nitro benzene ring substituents is 1. The number of hydrogen-bond acceptors (Lipinski definition) is 5. The molecule has 0 radical (unpaired) electrons. The molecule has 4 rings (SSSR count). The molecule has 4 aromatic rings. The van der Waals surface area contributed by atoms with Crippen LogP contribution in [0.2, 0.25) is 0 Å². The summed E-state index contributed by atoms with van der Waals surface area (Å²) in [7, 11) is -4.08. The van der Waals surface area contributed by atoms with Gasteiger partial charge in [-0.25, -0.2) is 8.42 Å². The highest BCUT2D eigenvalue weighted by atomic mass is 32.2. The number of aromatic amines is 1. The minimum absolute atomic E-state index is 0.0986. The lowest BCUT2D eigenvalue weighted by molar-refractivity contribution is -0.384. The maximum absolute atomic E-state index is 13.7. The molecule has 0 saturated carbocycles. The Kier molecular flexibility index (Phi) is 8.47. The zero-order valence-electron chi connectivity index (χ0n) is 22.2. The SMILES string of the molecule is Cc1ccc(CN(CCc2c[nH]c3ccccc23)C(=O)CN(C(C)C)S(=O)(=O)c2ccc([N+](=O)[O-])cc2)cc1. The number of nitro benzene ring substituents is 1. The summed E-state index contributed by atoms with van der Waals surface area (Å²) in [4.78, 5) is 29.0. The summed E-state index contributed by atoms with van der Waals surface area (Å²) in [6, 6.07) is 20.1. The molecule has 1 aromatic heterocycles. The molecule has 9 nitrogen and oxygen atoms in total. The first-order chi connectivity index (χ1) is 18.6. The van der Waals surface area contributed by atoms with Crippen molar-refractivity contribution in [3.8, 4) is 0 Å². The van der Waals surface area contributed by atoms with Crippen molar-refractivity contribution in [3.05, 3.63) is 106 Å². The third kappa shape index (κ3) is 6.52. The van der Waals surface area contributed by atoms with Crippen LogP contribution >= 0.6 is 0 Å². The molecule has 0 atom stereocenters. The molecule has 0 bridgehead atoms. The summed E-state index contributed by atoms with van der Waals surface area (Å²) in [6.07, 6.45) is 2.54. The summed E-state index contributed by atoms with van der Waals surface area (Å²) in [5, 5.41) is 12.1. The molecule has 1 heterocycles. The second-order valence-electron chi connectivity index (χ2n) is 9.81. The predicted molar refractivity (Wildman–Crippen MR) is 151 cm³/mol. The summed E-state index contributed by atoms with van der Waals surface area (Å²) in [6.45, 7) is 5.78. The molecular weight excluding hydrogens is 516 g/mol. The number of rotatable bonds is 11. The van der Waals surface area contributed by atoms with Crippen LogP contribution in [0.3, 0.4) is 0 Å². The van der Waals surface area contributed by atoms with Crippen molar-refractivity contribution in [1.82, 2.24) is 14.2 Å². The van der Waals surface area contributed by atoms with Gasteiger partial charge in [-0.1, -0.05) is 48.0 Å². The number of nitrogens with zero attached hydrogens (tertiary/aromatic N) is 3. The number of carbonyl (C=O) groups is 1. The van der Waals surface area contributed by atoms with Crippen LogP contribution in [0.4, 0.5) is 5.69 Å². The lowest BCUT2D eigenvalue weighted by Crippen LogP contribution is -2.46. The van der Waals surface area contributed by atoms with Gasteiger partial charge in [0.2, 0.25) is 15.9 Å². The monoisotopic (exact) mass is 548 g/mol. The maximum atomic E-state index is 13.7. The number of para-hydroxylation sites is 1. The third-order valence-corrected chi connectivity index (χ3v) is 8.73. The summed E-state index contributed by atoms with van der Waals surface area (Å²) >= 11 is 0. The van der Waals surface area contributed by atoms with Crippen LogP contribution in [0.5, 0.6) is 0 Å². The van der Waals surface area contributed by atoms with Crippen LogP contribution in [0.25, 0.3) is 10.9 Å². The number of carbonyl (C=O) groups excluding carboxylic acids is 1. The molecule has 39 heavy (non-hydrogen) atoms. The number of fused-ring (bicyclic) bond motifs is 1. The van der Waals surface area contributed by atoms with Crippen molar-refractivity contribution >= 4 is 32.5 Å². The van der Waals surface area contributed by atoms with Crippen molar-refractivity contribution in [2.24, 2.45) is 0 Å². The van der Waals surface area contributed by atoms with Gasteiger partial charge in [0.25, 0.3) is 5.69 Å². The van der Waals surface area contributed by atoms with Gasteiger partial charge in [-0.2, -0.15) is 4.31 Å². The zero-order valence-corrected chi connectivity index (χ0v) is 23.0. The molecule has 1 amide bonds. The first-order valence-electron chi connectivity index (χ1n) is 12.7. The fraction of sp³-hybridized carbons (Fsp3) is 0.276. The number of amides is 1. The first kappa shape index (κ1) is 28.0. The van der Waals surface area contributed by atoms with E-state index in [1.807, 2.05) is 61.7 Å². The van der Waals surface area contributed by atoms with E-state index >= 15 is 0 Å². The summed E-state index contributed by atoms with van der Waals surface area (Å²) in [5.41, 5.74) is 3.94. The van der Waals surface area contributed by atoms with E-state index in [1.54, 1.807) is 18.7 Å². The Morgan fingerprint density at radius 3 is 2.31 bits per heavy atom. The van der Waals surface area contributed by atoms with Crippen LogP contribution < -0.4 is 0 Å². The average molecular weight is 549 g/mol. The predicted octanol–water partition coefficient (Wildman–Crippen LogP) is 5.06. The fourth-order valence-corrected chi connectivity index (χ4v) is 6.04. The number of sulfonamides is 1. The van der Waals surface area contributed by atoms with E-state index in [-0.39, 0.29) is 23.0 Å². The maximum Gasteiger partial charge on any atom is 0.269 e. The number of H-pyrrole nitrogens is 1. The zero-order chi connectivity index (χ0) is 28.2. The molecule has 1 N–H and O–H groups in total. The van der Waals surface area contributed by atoms with Crippen LogP contribution in [0.15, 0.2) is 83.9 Å². The Balaban J connectivity index is 1.58. The van der Waals surface area contributed by atoms with E-state index in [0.717, 1.165) is 44.0 Å². The molecular formula is C29H32N4O5S. The fourth-order valence-electron chi connectivity index (χ4n) is 4.45. The summed E-state index contributed by atoms with van der Waals surface area (Å²) < 4.78 is 28.1. The van der Waals surface area contributed by atoms with Gasteiger partial charge >= 0.3 is 0 Å². The molecule has 3 aromatic carbocycles. The first-order valence-corrected chi connectivity index (χ1v) is 14.1. The van der Waals surface area contributed by atoms with E-state index in [9.17, 15) is 23.3 Å². The molecule has 0 aliphatic rings. The number of hydrogen-bond donors (Lipinski definition) is 1. The van der Waals surface area contributed by atoms with E-state index in [4.69, 9.17) is 0 Å². The second kappa shape index (κ2) is 11.8. The number of aromatic nitrogens is 1.